The lowest BCUT2D eigenvalue weighted by Gasteiger charge is -2.22. The van der Waals surface area contributed by atoms with Crippen molar-refractivity contribution in [2.45, 2.75) is 12.3 Å². The van der Waals surface area contributed by atoms with Crippen molar-refractivity contribution in [3.05, 3.63) is 95.7 Å². The van der Waals surface area contributed by atoms with E-state index in [0.29, 0.717) is 6.42 Å². The molecule has 172 valence electrons. The van der Waals surface area contributed by atoms with Crippen molar-refractivity contribution in [3.63, 3.8) is 0 Å². The van der Waals surface area contributed by atoms with E-state index < -0.39 is 18.6 Å². The summed E-state index contributed by atoms with van der Waals surface area (Å²) >= 11 is 0. The number of aryl methyl sites for hydroxylation is 1. The number of carbonyl (C=O) groups excluding carboxylic acids is 1. The van der Waals surface area contributed by atoms with Crippen LogP contribution in [0.2, 0.25) is 0 Å². The van der Waals surface area contributed by atoms with Gasteiger partial charge in [-0.1, -0.05) is 66.7 Å². The van der Waals surface area contributed by atoms with E-state index in [1.54, 1.807) is 0 Å². The van der Waals surface area contributed by atoms with Gasteiger partial charge < -0.3 is 14.4 Å². The van der Waals surface area contributed by atoms with E-state index in [1.807, 2.05) is 66.3 Å². The Bertz CT molecular complexity index is 1330. The average molecular weight is 455 g/mol. The highest BCUT2D eigenvalue weighted by Gasteiger charge is 2.30. The molecular formula is C28H26N2O4. The quantitative estimate of drug-likeness (QED) is 0.424. The summed E-state index contributed by atoms with van der Waals surface area (Å²) in [6, 6.07) is 24.3. The minimum atomic E-state index is -1.06. The SMILES string of the molecule is Cn1ccc2cccc(CCN(CC(=O)O)C(=O)OCC3c4ccccc4-c4ccccc43)c21. The summed E-state index contributed by atoms with van der Waals surface area (Å²) in [6.45, 7) is 0.0173. The van der Waals surface area contributed by atoms with E-state index in [2.05, 4.69) is 24.3 Å². The summed E-state index contributed by atoms with van der Waals surface area (Å²) < 4.78 is 7.75. The number of hydrogen-bond donors (Lipinski definition) is 1. The molecule has 4 aromatic rings. The first-order chi connectivity index (χ1) is 16.5. The molecule has 34 heavy (non-hydrogen) atoms. The zero-order valence-corrected chi connectivity index (χ0v) is 19.0. The Morgan fingerprint density at radius 2 is 1.62 bits per heavy atom. The lowest BCUT2D eigenvalue weighted by molar-refractivity contribution is -0.138. The van der Waals surface area contributed by atoms with Crippen molar-refractivity contribution in [2.75, 3.05) is 19.7 Å². The number of benzene rings is 3. The third-order valence-electron chi connectivity index (χ3n) is 6.55. The van der Waals surface area contributed by atoms with Crippen molar-refractivity contribution in [1.29, 1.82) is 0 Å². The topological polar surface area (TPSA) is 71.8 Å². The molecule has 1 aliphatic rings. The summed E-state index contributed by atoms with van der Waals surface area (Å²) in [5.74, 6) is -1.13. The molecule has 3 aromatic carbocycles. The second-order valence-corrected chi connectivity index (χ2v) is 8.65. The number of aliphatic carboxylic acids is 1. The van der Waals surface area contributed by atoms with Crippen LogP contribution in [0.25, 0.3) is 22.0 Å². The maximum atomic E-state index is 13.0. The Hall–Kier alpha value is -4.06. The van der Waals surface area contributed by atoms with Crippen molar-refractivity contribution in [1.82, 2.24) is 9.47 Å². The molecule has 0 atom stereocenters. The molecule has 0 fully saturated rings. The Kier molecular flexibility index (Phi) is 5.80. The van der Waals surface area contributed by atoms with E-state index >= 15 is 0 Å². The van der Waals surface area contributed by atoms with Crippen molar-refractivity contribution < 1.29 is 19.4 Å². The standard InChI is InChI=1S/C28H26N2O4/c1-29-15-13-19-7-6-8-20(27(19)29)14-16-30(17-26(31)32)28(33)34-18-25-23-11-4-2-9-21(23)22-10-3-5-12-24(22)25/h2-13,15,25H,14,16-18H2,1H3,(H,31,32). The summed E-state index contributed by atoms with van der Waals surface area (Å²) in [7, 11) is 1.98. The summed E-state index contributed by atoms with van der Waals surface area (Å²) in [5.41, 5.74) is 6.69. The maximum Gasteiger partial charge on any atom is 0.410 e. The molecule has 0 unspecified atom stereocenters. The zero-order chi connectivity index (χ0) is 23.7. The highest BCUT2D eigenvalue weighted by Crippen LogP contribution is 2.44. The fourth-order valence-electron chi connectivity index (χ4n) is 4.98. The number of rotatable bonds is 7. The predicted molar refractivity (Wildman–Crippen MR) is 131 cm³/mol. The van der Waals surface area contributed by atoms with Crippen LogP contribution in [0.1, 0.15) is 22.6 Å². The molecule has 1 N–H and O–H groups in total. The number of hydrogen-bond acceptors (Lipinski definition) is 3. The van der Waals surface area contributed by atoms with Crippen LogP contribution < -0.4 is 0 Å². The number of fused-ring (bicyclic) bond motifs is 4. The van der Waals surface area contributed by atoms with Gasteiger partial charge in [0.15, 0.2) is 0 Å². The number of aromatic nitrogens is 1. The first kappa shape index (κ1) is 21.8. The number of amides is 1. The van der Waals surface area contributed by atoms with Crippen molar-refractivity contribution in [3.8, 4) is 11.1 Å². The molecule has 0 spiro atoms. The third-order valence-corrected chi connectivity index (χ3v) is 6.55. The number of carboxylic acids is 1. The van der Waals surface area contributed by atoms with Gasteiger partial charge in [0.2, 0.25) is 0 Å². The molecule has 1 aromatic heterocycles. The maximum absolute atomic E-state index is 13.0. The first-order valence-corrected chi connectivity index (χ1v) is 11.4. The molecule has 0 aliphatic heterocycles. The Labute approximate surface area is 198 Å². The lowest BCUT2D eigenvalue weighted by atomic mass is 9.98. The molecular weight excluding hydrogens is 428 g/mol. The fourth-order valence-corrected chi connectivity index (χ4v) is 4.98. The zero-order valence-electron chi connectivity index (χ0n) is 19.0. The third kappa shape index (κ3) is 4.03. The number of ether oxygens (including phenoxy) is 1. The highest BCUT2D eigenvalue weighted by atomic mass is 16.6. The van der Waals surface area contributed by atoms with Gasteiger partial charge in [0, 0.05) is 25.7 Å². The van der Waals surface area contributed by atoms with Gasteiger partial charge in [-0.3, -0.25) is 9.69 Å². The van der Waals surface area contributed by atoms with Gasteiger partial charge >= 0.3 is 12.1 Å². The Balaban J connectivity index is 1.31. The van der Waals surface area contributed by atoms with E-state index in [-0.39, 0.29) is 19.1 Å². The monoisotopic (exact) mass is 454 g/mol. The molecule has 0 bridgehead atoms. The Morgan fingerprint density at radius 3 is 2.29 bits per heavy atom. The fraction of sp³-hybridized carbons (Fsp3) is 0.214. The molecule has 5 rings (SSSR count). The highest BCUT2D eigenvalue weighted by molar-refractivity contribution is 5.83. The van der Waals surface area contributed by atoms with Gasteiger partial charge in [0.1, 0.15) is 13.2 Å². The molecule has 6 nitrogen and oxygen atoms in total. The average Bonchev–Trinajstić information content (AvgIpc) is 3.38. The summed E-state index contributed by atoms with van der Waals surface area (Å²) in [6.07, 6.45) is 1.92. The van der Waals surface area contributed by atoms with Gasteiger partial charge in [0.25, 0.3) is 0 Å². The largest absolute Gasteiger partial charge is 0.480 e. The number of para-hydroxylation sites is 1. The summed E-state index contributed by atoms with van der Waals surface area (Å²) in [5, 5.41) is 10.5. The summed E-state index contributed by atoms with van der Waals surface area (Å²) in [4.78, 5) is 25.8. The molecule has 1 heterocycles. The van der Waals surface area contributed by atoms with Crippen molar-refractivity contribution in [2.24, 2.45) is 7.05 Å². The van der Waals surface area contributed by atoms with Crippen LogP contribution in [-0.2, 0) is 23.0 Å². The van der Waals surface area contributed by atoms with E-state index in [4.69, 9.17) is 4.74 Å². The first-order valence-electron chi connectivity index (χ1n) is 11.4. The smallest absolute Gasteiger partial charge is 0.410 e. The Morgan fingerprint density at radius 1 is 0.941 bits per heavy atom. The lowest BCUT2D eigenvalue weighted by Crippen LogP contribution is -2.38. The molecule has 0 saturated carbocycles. The number of carbonyl (C=O) groups is 2. The normalized spacial score (nSPS) is 12.4. The van der Waals surface area contributed by atoms with Crippen LogP contribution in [-0.4, -0.2) is 46.3 Å². The van der Waals surface area contributed by atoms with Gasteiger partial charge in [-0.2, -0.15) is 0 Å². The van der Waals surface area contributed by atoms with Crippen molar-refractivity contribution >= 4 is 23.0 Å². The second-order valence-electron chi connectivity index (χ2n) is 8.65. The number of nitrogens with zero attached hydrogens (tertiary/aromatic N) is 2. The molecule has 6 heteroatoms. The second kappa shape index (κ2) is 9.06. The van der Waals surface area contributed by atoms with Gasteiger partial charge in [-0.25, -0.2) is 4.79 Å². The van der Waals surface area contributed by atoms with Gasteiger partial charge in [0.05, 0.1) is 5.52 Å². The number of carboxylic acid groups (broad SMARTS) is 1. The van der Waals surface area contributed by atoms with Crippen LogP contribution in [0.15, 0.2) is 79.0 Å². The van der Waals surface area contributed by atoms with Crippen LogP contribution in [0.4, 0.5) is 4.79 Å². The van der Waals surface area contributed by atoms with Gasteiger partial charge in [-0.05, 0) is 45.7 Å². The van der Waals surface area contributed by atoms with E-state index in [1.165, 1.54) is 4.90 Å². The van der Waals surface area contributed by atoms with E-state index in [9.17, 15) is 14.7 Å². The van der Waals surface area contributed by atoms with Gasteiger partial charge in [-0.15, -0.1) is 0 Å². The van der Waals surface area contributed by atoms with Crippen LogP contribution in [0.3, 0.4) is 0 Å². The minimum Gasteiger partial charge on any atom is -0.480 e. The minimum absolute atomic E-state index is 0.0693. The molecule has 1 aliphatic carbocycles. The van der Waals surface area contributed by atoms with Crippen LogP contribution in [0, 0.1) is 0 Å². The van der Waals surface area contributed by atoms with Crippen LogP contribution in [0.5, 0.6) is 0 Å². The molecule has 0 radical (unpaired) electrons. The predicted octanol–water partition coefficient (Wildman–Crippen LogP) is 5.06. The molecule has 1 amide bonds. The molecule has 0 saturated heterocycles. The van der Waals surface area contributed by atoms with E-state index in [0.717, 1.165) is 38.7 Å². The van der Waals surface area contributed by atoms with Crippen LogP contribution >= 0.6 is 0 Å².